The van der Waals surface area contributed by atoms with E-state index in [4.69, 9.17) is 9.97 Å². The number of fused-ring (bicyclic) bond motifs is 1. The van der Waals surface area contributed by atoms with Gasteiger partial charge in [-0.3, -0.25) is 4.79 Å². The molecule has 1 fully saturated rings. The van der Waals surface area contributed by atoms with Crippen molar-refractivity contribution >= 4 is 5.82 Å². The predicted octanol–water partition coefficient (Wildman–Crippen LogP) is 3.44. The maximum absolute atomic E-state index is 12.4. The summed E-state index contributed by atoms with van der Waals surface area (Å²) in [6.07, 6.45) is 5.63. The van der Waals surface area contributed by atoms with Crippen molar-refractivity contribution in [2.45, 2.75) is 70.8 Å². The highest BCUT2D eigenvalue weighted by Crippen LogP contribution is 2.40. The first-order valence-electron chi connectivity index (χ1n) is 9.28. The lowest BCUT2D eigenvalue weighted by molar-refractivity contribution is 0.566. The Morgan fingerprint density at radius 3 is 2.68 bits per heavy atom. The van der Waals surface area contributed by atoms with Gasteiger partial charge in [0, 0.05) is 40.4 Å². The summed E-state index contributed by atoms with van der Waals surface area (Å²) in [7, 11) is 0. The van der Waals surface area contributed by atoms with Crippen molar-refractivity contribution in [1.82, 2.24) is 15.0 Å². The fraction of sp³-hybridized carbons (Fsp3) is 0.550. The maximum atomic E-state index is 12.4. The van der Waals surface area contributed by atoms with Crippen LogP contribution in [0.4, 0.5) is 5.82 Å². The van der Waals surface area contributed by atoms with Crippen molar-refractivity contribution in [2.75, 3.05) is 5.32 Å². The molecule has 25 heavy (non-hydrogen) atoms. The number of rotatable bonds is 4. The summed E-state index contributed by atoms with van der Waals surface area (Å²) in [5.41, 5.74) is 4.07. The molecule has 0 atom stereocenters. The Hall–Kier alpha value is -2.17. The lowest BCUT2D eigenvalue weighted by Gasteiger charge is -2.18. The topological polar surface area (TPSA) is 70.7 Å². The molecule has 2 aromatic rings. The molecule has 0 unspecified atom stereocenters. The van der Waals surface area contributed by atoms with Gasteiger partial charge in [0.2, 0.25) is 0 Å². The zero-order chi connectivity index (χ0) is 17.6. The Kier molecular flexibility index (Phi) is 3.89. The van der Waals surface area contributed by atoms with Crippen molar-refractivity contribution in [3.63, 3.8) is 0 Å². The minimum Gasteiger partial charge on any atom is -0.365 e. The van der Waals surface area contributed by atoms with Gasteiger partial charge in [-0.05, 0) is 44.2 Å². The van der Waals surface area contributed by atoms with Crippen LogP contribution in [0.1, 0.15) is 74.3 Å². The second-order valence-electron chi connectivity index (χ2n) is 8.31. The molecule has 5 nitrogen and oxygen atoms in total. The second-order valence-corrected chi connectivity index (χ2v) is 8.31. The molecule has 0 radical (unpaired) electrons. The molecule has 2 aliphatic carbocycles. The number of hydrogen-bond acceptors (Lipinski definition) is 4. The molecule has 4 rings (SSSR count). The lowest BCUT2D eigenvalue weighted by atomic mass is 9.91. The van der Waals surface area contributed by atoms with Crippen molar-refractivity contribution in [1.29, 1.82) is 0 Å². The van der Waals surface area contributed by atoms with Crippen LogP contribution in [-0.4, -0.2) is 15.0 Å². The minimum absolute atomic E-state index is 0.0203. The number of nitrogens with zero attached hydrogens (tertiary/aromatic N) is 2. The molecule has 0 bridgehead atoms. The number of H-pyrrole nitrogens is 1. The molecular formula is C20H26N4O. The smallest absolute Gasteiger partial charge is 0.253 e. The average molecular weight is 338 g/mol. The van der Waals surface area contributed by atoms with Gasteiger partial charge in [0.15, 0.2) is 0 Å². The number of anilines is 1. The predicted molar refractivity (Wildman–Crippen MR) is 99.1 cm³/mol. The van der Waals surface area contributed by atoms with Gasteiger partial charge in [-0.15, -0.1) is 0 Å². The van der Waals surface area contributed by atoms with Gasteiger partial charge in [-0.25, -0.2) is 9.97 Å². The Morgan fingerprint density at radius 1 is 1.20 bits per heavy atom. The van der Waals surface area contributed by atoms with Gasteiger partial charge < -0.3 is 10.3 Å². The van der Waals surface area contributed by atoms with Gasteiger partial charge in [0.05, 0.1) is 0 Å². The SMILES string of the molecule is CC(C)(C)c1ccc(CNc2nc(C3CC3)nc3c2CCC3)c(=O)[nH]1. The summed E-state index contributed by atoms with van der Waals surface area (Å²) in [6.45, 7) is 6.78. The molecule has 0 amide bonds. The first-order valence-corrected chi connectivity index (χ1v) is 9.28. The Morgan fingerprint density at radius 2 is 2.00 bits per heavy atom. The molecule has 0 aromatic carbocycles. The van der Waals surface area contributed by atoms with E-state index in [1.54, 1.807) is 0 Å². The van der Waals surface area contributed by atoms with Crippen LogP contribution >= 0.6 is 0 Å². The van der Waals surface area contributed by atoms with E-state index in [2.05, 4.69) is 31.1 Å². The molecule has 132 valence electrons. The van der Waals surface area contributed by atoms with Crippen molar-refractivity contribution in [3.05, 3.63) is 50.8 Å². The van der Waals surface area contributed by atoms with Crippen LogP contribution in [0.25, 0.3) is 0 Å². The number of aryl methyl sites for hydroxylation is 1. The zero-order valence-electron chi connectivity index (χ0n) is 15.3. The van der Waals surface area contributed by atoms with E-state index < -0.39 is 0 Å². The van der Waals surface area contributed by atoms with Crippen LogP contribution in [0.15, 0.2) is 16.9 Å². The number of pyridine rings is 1. The summed E-state index contributed by atoms with van der Waals surface area (Å²) in [4.78, 5) is 25.0. The summed E-state index contributed by atoms with van der Waals surface area (Å²) < 4.78 is 0. The first kappa shape index (κ1) is 16.3. The minimum atomic E-state index is -0.0578. The third kappa shape index (κ3) is 3.32. The quantitative estimate of drug-likeness (QED) is 0.896. The molecule has 2 aromatic heterocycles. The van der Waals surface area contributed by atoms with Gasteiger partial charge in [-0.1, -0.05) is 20.8 Å². The van der Waals surface area contributed by atoms with Crippen LogP contribution in [0.2, 0.25) is 0 Å². The van der Waals surface area contributed by atoms with E-state index in [1.807, 2.05) is 12.1 Å². The van der Waals surface area contributed by atoms with E-state index >= 15 is 0 Å². The molecule has 5 heteroatoms. The van der Waals surface area contributed by atoms with Gasteiger partial charge >= 0.3 is 0 Å². The standard InChI is InChI=1S/C20H26N4O/c1-20(2,3)16-10-9-13(19(25)23-16)11-21-18-14-5-4-6-15(14)22-17(24-18)12-7-8-12/h9-10,12H,4-8,11H2,1-3H3,(H,23,25)(H,21,22,24). The Balaban J connectivity index is 1.57. The summed E-state index contributed by atoms with van der Waals surface area (Å²) in [6, 6.07) is 3.94. The van der Waals surface area contributed by atoms with Crippen LogP contribution in [0.3, 0.4) is 0 Å². The van der Waals surface area contributed by atoms with E-state index in [-0.39, 0.29) is 11.0 Å². The summed E-state index contributed by atoms with van der Waals surface area (Å²) in [5.74, 6) is 2.46. The van der Waals surface area contributed by atoms with E-state index in [0.717, 1.165) is 42.2 Å². The fourth-order valence-corrected chi connectivity index (χ4v) is 3.38. The number of aromatic amines is 1. The highest BCUT2D eigenvalue weighted by molar-refractivity contribution is 5.49. The van der Waals surface area contributed by atoms with Crippen molar-refractivity contribution in [2.24, 2.45) is 0 Å². The molecule has 2 heterocycles. The summed E-state index contributed by atoms with van der Waals surface area (Å²) >= 11 is 0. The highest BCUT2D eigenvalue weighted by atomic mass is 16.1. The molecular weight excluding hydrogens is 312 g/mol. The largest absolute Gasteiger partial charge is 0.365 e. The third-order valence-electron chi connectivity index (χ3n) is 5.14. The van der Waals surface area contributed by atoms with Gasteiger partial charge in [-0.2, -0.15) is 0 Å². The molecule has 0 spiro atoms. The van der Waals surface area contributed by atoms with E-state index in [9.17, 15) is 4.79 Å². The fourth-order valence-electron chi connectivity index (χ4n) is 3.38. The second kappa shape index (κ2) is 5.97. The number of hydrogen-bond donors (Lipinski definition) is 2. The normalized spacial score (nSPS) is 16.8. The molecule has 2 aliphatic rings. The molecule has 0 aliphatic heterocycles. The van der Waals surface area contributed by atoms with Crippen LogP contribution in [0.5, 0.6) is 0 Å². The van der Waals surface area contributed by atoms with Gasteiger partial charge in [0.25, 0.3) is 5.56 Å². The van der Waals surface area contributed by atoms with Crippen LogP contribution < -0.4 is 10.9 Å². The van der Waals surface area contributed by atoms with Crippen molar-refractivity contribution in [3.8, 4) is 0 Å². The van der Waals surface area contributed by atoms with E-state index in [0.29, 0.717) is 12.5 Å². The zero-order valence-corrected chi connectivity index (χ0v) is 15.3. The summed E-state index contributed by atoms with van der Waals surface area (Å²) in [5, 5.41) is 3.41. The first-order chi connectivity index (χ1) is 11.9. The molecule has 2 N–H and O–H groups in total. The van der Waals surface area contributed by atoms with Crippen LogP contribution in [-0.2, 0) is 24.8 Å². The van der Waals surface area contributed by atoms with Crippen LogP contribution in [0, 0.1) is 0 Å². The number of aromatic nitrogens is 3. The lowest BCUT2D eigenvalue weighted by Crippen LogP contribution is -2.23. The van der Waals surface area contributed by atoms with Crippen molar-refractivity contribution < 1.29 is 0 Å². The third-order valence-corrected chi connectivity index (χ3v) is 5.14. The van der Waals surface area contributed by atoms with Gasteiger partial charge in [0.1, 0.15) is 11.6 Å². The molecule has 1 saturated carbocycles. The Bertz CT molecular complexity index is 859. The average Bonchev–Trinajstić information content (AvgIpc) is 3.30. The van der Waals surface area contributed by atoms with E-state index in [1.165, 1.54) is 24.1 Å². The highest BCUT2D eigenvalue weighted by Gasteiger charge is 2.29. The monoisotopic (exact) mass is 338 g/mol. The molecule has 0 saturated heterocycles. The number of nitrogens with one attached hydrogen (secondary N) is 2. The Labute approximate surface area is 148 Å². The maximum Gasteiger partial charge on any atom is 0.253 e.